The topological polar surface area (TPSA) is 52.8 Å². The lowest BCUT2D eigenvalue weighted by Crippen LogP contribution is -2.38. The van der Waals surface area contributed by atoms with Crippen LogP contribution in [0.25, 0.3) is 11.0 Å². The van der Waals surface area contributed by atoms with Gasteiger partial charge in [-0.15, -0.1) is 24.0 Å². The molecule has 1 aromatic carbocycles. The number of para-hydroxylation sites is 1. The predicted molar refractivity (Wildman–Crippen MR) is 108 cm³/mol. The summed E-state index contributed by atoms with van der Waals surface area (Å²) in [5, 5.41) is 7.80. The number of aliphatic imine (C=N–C) groups is 1. The molecule has 0 aliphatic heterocycles. The van der Waals surface area contributed by atoms with Gasteiger partial charge in [0.25, 0.3) is 0 Å². The summed E-state index contributed by atoms with van der Waals surface area (Å²) in [6.07, 6.45) is 1.08. The van der Waals surface area contributed by atoms with E-state index in [4.69, 9.17) is 4.42 Å². The number of halogens is 1. The van der Waals surface area contributed by atoms with Crippen LogP contribution in [0.2, 0.25) is 0 Å². The predicted octanol–water partition coefficient (Wildman–Crippen LogP) is 2.98. The summed E-state index contributed by atoms with van der Waals surface area (Å²) in [5.41, 5.74) is 2.12. The van der Waals surface area contributed by atoms with E-state index in [9.17, 15) is 0 Å². The Morgan fingerprint density at radius 2 is 1.96 bits per heavy atom. The number of furan rings is 1. The van der Waals surface area contributed by atoms with E-state index < -0.39 is 0 Å². The normalized spacial score (nSPS) is 11.6. The van der Waals surface area contributed by atoms with Crippen molar-refractivity contribution >= 4 is 40.9 Å². The molecule has 128 valence electrons. The molecule has 0 radical (unpaired) electrons. The van der Waals surface area contributed by atoms with Crippen LogP contribution in [0.5, 0.6) is 0 Å². The largest absolute Gasteiger partial charge is 0.459 e. The van der Waals surface area contributed by atoms with Gasteiger partial charge < -0.3 is 20.0 Å². The fourth-order valence-electron chi connectivity index (χ4n) is 2.38. The van der Waals surface area contributed by atoms with E-state index in [0.29, 0.717) is 6.54 Å². The highest BCUT2D eigenvalue weighted by molar-refractivity contribution is 14.0. The molecule has 0 atom stereocenters. The number of hydrogen-bond donors (Lipinski definition) is 2. The van der Waals surface area contributed by atoms with E-state index in [-0.39, 0.29) is 24.0 Å². The number of fused-ring (bicyclic) bond motifs is 1. The second kappa shape index (κ2) is 9.77. The average Bonchev–Trinajstić information content (AvgIpc) is 2.83. The van der Waals surface area contributed by atoms with Gasteiger partial charge in [0.15, 0.2) is 5.96 Å². The molecule has 0 saturated heterocycles. The highest BCUT2D eigenvalue weighted by atomic mass is 127. The molecule has 6 heteroatoms. The lowest BCUT2D eigenvalue weighted by molar-refractivity contribution is 0.399. The Hall–Kier alpha value is -1.28. The molecule has 0 spiro atoms. The molecule has 0 aliphatic carbocycles. The monoisotopic (exact) mass is 430 g/mol. The van der Waals surface area contributed by atoms with E-state index in [1.165, 1.54) is 10.9 Å². The van der Waals surface area contributed by atoms with Gasteiger partial charge in [0.2, 0.25) is 0 Å². The molecular formula is C17H27IN4O. The summed E-state index contributed by atoms with van der Waals surface area (Å²) in [7, 11) is 5.95. The molecular weight excluding hydrogens is 403 g/mol. The minimum atomic E-state index is 0. The summed E-state index contributed by atoms with van der Waals surface area (Å²) in [4.78, 5) is 6.42. The van der Waals surface area contributed by atoms with Crippen molar-refractivity contribution in [2.75, 3.05) is 34.2 Å². The number of nitrogens with zero attached hydrogens (tertiary/aromatic N) is 2. The summed E-state index contributed by atoms with van der Waals surface area (Å²) >= 11 is 0. The molecule has 0 aliphatic rings. The number of nitrogens with one attached hydrogen (secondary N) is 2. The minimum Gasteiger partial charge on any atom is -0.459 e. The Labute approximate surface area is 155 Å². The van der Waals surface area contributed by atoms with Gasteiger partial charge in [-0.25, -0.2) is 0 Å². The van der Waals surface area contributed by atoms with Crippen molar-refractivity contribution in [1.29, 1.82) is 0 Å². The van der Waals surface area contributed by atoms with Crippen LogP contribution >= 0.6 is 24.0 Å². The second-order valence-corrected chi connectivity index (χ2v) is 5.66. The quantitative estimate of drug-likeness (QED) is 0.320. The lowest BCUT2D eigenvalue weighted by Gasteiger charge is -2.13. The maximum atomic E-state index is 5.90. The molecule has 1 aromatic heterocycles. The average molecular weight is 430 g/mol. The number of aryl methyl sites for hydroxylation is 1. The number of rotatable bonds is 6. The van der Waals surface area contributed by atoms with E-state index in [2.05, 4.69) is 47.6 Å². The first-order chi connectivity index (χ1) is 10.6. The Morgan fingerprint density at radius 3 is 2.61 bits per heavy atom. The SMILES string of the molecule is CN=C(NCCCN(C)C)NCc1oc2ccccc2c1C.I. The van der Waals surface area contributed by atoms with E-state index >= 15 is 0 Å². The number of guanidine groups is 1. The first kappa shape index (κ1) is 19.8. The summed E-state index contributed by atoms with van der Waals surface area (Å²) in [6, 6.07) is 8.12. The van der Waals surface area contributed by atoms with Gasteiger partial charge in [-0.3, -0.25) is 4.99 Å². The van der Waals surface area contributed by atoms with Crippen LogP contribution in [0, 0.1) is 6.92 Å². The zero-order valence-electron chi connectivity index (χ0n) is 14.3. The highest BCUT2D eigenvalue weighted by Gasteiger charge is 2.10. The number of hydrogen-bond acceptors (Lipinski definition) is 3. The van der Waals surface area contributed by atoms with E-state index in [1.807, 2.05) is 18.2 Å². The maximum Gasteiger partial charge on any atom is 0.191 e. The van der Waals surface area contributed by atoms with E-state index in [0.717, 1.165) is 36.8 Å². The molecule has 0 saturated carbocycles. The van der Waals surface area contributed by atoms with Crippen molar-refractivity contribution in [3.05, 3.63) is 35.6 Å². The van der Waals surface area contributed by atoms with Gasteiger partial charge in [0, 0.05) is 24.5 Å². The molecule has 0 amide bonds. The molecule has 23 heavy (non-hydrogen) atoms. The van der Waals surface area contributed by atoms with Crippen molar-refractivity contribution in [2.45, 2.75) is 19.9 Å². The zero-order valence-corrected chi connectivity index (χ0v) is 16.7. The van der Waals surface area contributed by atoms with Gasteiger partial charge in [-0.1, -0.05) is 18.2 Å². The van der Waals surface area contributed by atoms with Crippen molar-refractivity contribution in [2.24, 2.45) is 4.99 Å². The standard InChI is InChI=1S/C17H26N4O.HI/c1-13-14-8-5-6-9-15(14)22-16(13)12-20-17(18-2)19-10-7-11-21(3)4;/h5-6,8-9H,7,10-12H2,1-4H3,(H2,18,19,20);1H. The van der Waals surface area contributed by atoms with Crippen LogP contribution in [0.4, 0.5) is 0 Å². The second-order valence-electron chi connectivity index (χ2n) is 5.66. The van der Waals surface area contributed by atoms with E-state index in [1.54, 1.807) is 7.05 Å². The molecule has 0 bridgehead atoms. The van der Waals surface area contributed by atoms with Gasteiger partial charge >= 0.3 is 0 Å². The Bertz CT molecular complexity index is 637. The lowest BCUT2D eigenvalue weighted by atomic mass is 10.1. The minimum absolute atomic E-state index is 0. The Balaban J connectivity index is 0.00000264. The Morgan fingerprint density at radius 1 is 1.22 bits per heavy atom. The molecule has 2 N–H and O–H groups in total. The van der Waals surface area contributed by atoms with Gasteiger partial charge in [-0.2, -0.15) is 0 Å². The smallest absolute Gasteiger partial charge is 0.191 e. The summed E-state index contributed by atoms with van der Waals surface area (Å²) < 4.78 is 5.90. The summed E-state index contributed by atoms with van der Waals surface area (Å²) in [5.74, 6) is 1.76. The highest BCUT2D eigenvalue weighted by Crippen LogP contribution is 2.24. The zero-order chi connectivity index (χ0) is 15.9. The third-order valence-corrected chi connectivity index (χ3v) is 3.66. The van der Waals surface area contributed by atoms with Crippen molar-refractivity contribution in [3.63, 3.8) is 0 Å². The number of benzene rings is 1. The first-order valence-electron chi connectivity index (χ1n) is 7.68. The van der Waals surface area contributed by atoms with Crippen molar-refractivity contribution in [3.8, 4) is 0 Å². The van der Waals surface area contributed by atoms with Gasteiger partial charge in [0.1, 0.15) is 11.3 Å². The third kappa shape index (κ3) is 5.69. The van der Waals surface area contributed by atoms with Crippen LogP contribution < -0.4 is 10.6 Å². The molecule has 5 nitrogen and oxygen atoms in total. The van der Waals surface area contributed by atoms with Gasteiger partial charge in [-0.05, 0) is 40.1 Å². The van der Waals surface area contributed by atoms with Crippen LogP contribution in [-0.2, 0) is 6.54 Å². The molecule has 1 heterocycles. The molecule has 2 rings (SSSR count). The first-order valence-corrected chi connectivity index (χ1v) is 7.68. The van der Waals surface area contributed by atoms with Gasteiger partial charge in [0.05, 0.1) is 6.54 Å². The fraction of sp³-hybridized carbons (Fsp3) is 0.471. The molecule has 2 aromatic rings. The van der Waals surface area contributed by atoms with Crippen molar-refractivity contribution in [1.82, 2.24) is 15.5 Å². The Kier molecular flexibility index (Phi) is 8.40. The van der Waals surface area contributed by atoms with Crippen LogP contribution in [0.15, 0.2) is 33.7 Å². The van der Waals surface area contributed by atoms with Crippen LogP contribution in [0.1, 0.15) is 17.7 Å². The maximum absolute atomic E-state index is 5.90. The fourth-order valence-corrected chi connectivity index (χ4v) is 2.38. The van der Waals surface area contributed by atoms with Crippen LogP contribution in [0.3, 0.4) is 0 Å². The summed E-state index contributed by atoms with van der Waals surface area (Å²) in [6.45, 7) is 4.69. The third-order valence-electron chi connectivity index (χ3n) is 3.66. The van der Waals surface area contributed by atoms with Crippen LogP contribution in [-0.4, -0.2) is 45.1 Å². The van der Waals surface area contributed by atoms with Crippen molar-refractivity contribution < 1.29 is 4.42 Å². The molecule has 0 unspecified atom stereocenters. The molecule has 0 fully saturated rings.